The summed E-state index contributed by atoms with van der Waals surface area (Å²) in [6, 6.07) is 1.46. The van der Waals surface area contributed by atoms with Crippen molar-refractivity contribution in [2.45, 2.75) is 6.92 Å². The minimum Gasteiger partial charge on any atom is -0.465 e. The zero-order valence-corrected chi connectivity index (χ0v) is 9.58. The van der Waals surface area contributed by atoms with Gasteiger partial charge in [-0.3, -0.25) is 4.40 Å². The van der Waals surface area contributed by atoms with Gasteiger partial charge in [0.25, 0.3) is 0 Å². The average molecular weight is 240 g/mol. The number of pyridine rings is 1. The van der Waals surface area contributed by atoms with Crippen LogP contribution in [0.5, 0.6) is 0 Å². The number of aromatic nitrogens is 2. The molecule has 16 heavy (non-hydrogen) atoms. The molecule has 0 saturated carbocycles. The van der Waals surface area contributed by atoms with Crippen molar-refractivity contribution in [2.24, 2.45) is 0 Å². The predicted molar refractivity (Wildman–Crippen MR) is 60.7 cm³/mol. The molecular weight excluding hydrogens is 230 g/mol. The number of fused-ring (bicyclic) bond motifs is 1. The zero-order valence-electron chi connectivity index (χ0n) is 8.82. The van der Waals surface area contributed by atoms with Crippen LogP contribution in [0.1, 0.15) is 16.1 Å². The number of esters is 1. The van der Waals surface area contributed by atoms with Crippen molar-refractivity contribution in [1.82, 2.24) is 9.38 Å². The van der Waals surface area contributed by atoms with Crippen LogP contribution >= 0.6 is 11.6 Å². The van der Waals surface area contributed by atoms with Crippen molar-refractivity contribution in [3.05, 3.63) is 28.5 Å². The summed E-state index contributed by atoms with van der Waals surface area (Å²) in [5, 5.41) is 0.297. The Bertz CT molecular complexity index is 577. The molecule has 0 saturated heterocycles. The Morgan fingerprint density at radius 1 is 1.62 bits per heavy atom. The Labute approximate surface area is 96.8 Å². The first-order valence-electron chi connectivity index (χ1n) is 4.56. The maximum absolute atomic E-state index is 11.5. The summed E-state index contributed by atoms with van der Waals surface area (Å²) >= 11 is 5.92. The van der Waals surface area contributed by atoms with E-state index in [1.807, 2.05) is 0 Å². The van der Waals surface area contributed by atoms with Crippen LogP contribution in [0.3, 0.4) is 0 Å². The third-order valence-corrected chi connectivity index (χ3v) is 2.55. The summed E-state index contributed by atoms with van der Waals surface area (Å²) in [7, 11) is 1.30. The van der Waals surface area contributed by atoms with E-state index in [0.717, 1.165) is 5.69 Å². The molecular formula is C10H10ClN3O2. The molecule has 84 valence electrons. The lowest BCUT2D eigenvalue weighted by Crippen LogP contribution is -2.07. The maximum Gasteiger partial charge on any atom is 0.341 e. The number of carbonyl (C=O) groups is 1. The van der Waals surface area contributed by atoms with Crippen molar-refractivity contribution in [2.75, 3.05) is 12.8 Å². The van der Waals surface area contributed by atoms with Crippen LogP contribution in [0, 0.1) is 6.92 Å². The molecule has 0 aromatic carbocycles. The van der Waals surface area contributed by atoms with Crippen molar-refractivity contribution < 1.29 is 9.53 Å². The molecule has 0 bridgehead atoms. The number of hydrogen-bond donors (Lipinski definition) is 1. The van der Waals surface area contributed by atoms with Gasteiger partial charge >= 0.3 is 5.97 Å². The third-order valence-electron chi connectivity index (χ3n) is 2.25. The summed E-state index contributed by atoms with van der Waals surface area (Å²) in [5.41, 5.74) is 7.28. The zero-order chi connectivity index (χ0) is 11.9. The van der Waals surface area contributed by atoms with E-state index in [4.69, 9.17) is 17.3 Å². The van der Waals surface area contributed by atoms with Gasteiger partial charge in [-0.2, -0.15) is 0 Å². The van der Waals surface area contributed by atoms with Crippen LogP contribution in [0.2, 0.25) is 5.02 Å². The molecule has 0 aliphatic heterocycles. The third kappa shape index (κ3) is 1.49. The number of imidazole rings is 1. The maximum atomic E-state index is 11.5. The van der Waals surface area contributed by atoms with E-state index < -0.39 is 5.97 Å². The molecule has 2 aromatic rings. The van der Waals surface area contributed by atoms with Gasteiger partial charge in [0, 0.05) is 6.20 Å². The summed E-state index contributed by atoms with van der Waals surface area (Å²) in [4.78, 5) is 15.7. The number of nitrogens with zero attached hydrogens (tertiary/aromatic N) is 2. The first-order valence-corrected chi connectivity index (χ1v) is 4.94. The number of nitrogens with two attached hydrogens (primary N) is 1. The summed E-state index contributed by atoms with van der Waals surface area (Å²) < 4.78 is 6.23. The minimum absolute atomic E-state index is 0.297. The first kappa shape index (κ1) is 10.8. The van der Waals surface area contributed by atoms with E-state index in [1.165, 1.54) is 13.2 Å². The molecule has 0 spiro atoms. The van der Waals surface area contributed by atoms with E-state index in [9.17, 15) is 4.79 Å². The molecule has 0 aliphatic carbocycles. The topological polar surface area (TPSA) is 69.6 Å². The van der Waals surface area contributed by atoms with Crippen LogP contribution in [-0.2, 0) is 4.74 Å². The highest BCUT2D eigenvalue weighted by atomic mass is 35.5. The van der Waals surface area contributed by atoms with Gasteiger partial charge in [0.2, 0.25) is 0 Å². The second-order valence-corrected chi connectivity index (χ2v) is 3.77. The number of rotatable bonds is 1. The Morgan fingerprint density at radius 2 is 2.31 bits per heavy atom. The van der Waals surface area contributed by atoms with Crippen molar-refractivity contribution in [3.8, 4) is 0 Å². The second-order valence-electron chi connectivity index (χ2n) is 3.36. The van der Waals surface area contributed by atoms with Gasteiger partial charge in [0.05, 0.1) is 17.8 Å². The first-order chi connectivity index (χ1) is 7.54. The van der Waals surface area contributed by atoms with Crippen LogP contribution in [-0.4, -0.2) is 22.5 Å². The molecule has 6 heteroatoms. The highest BCUT2D eigenvalue weighted by molar-refractivity contribution is 6.33. The largest absolute Gasteiger partial charge is 0.465 e. The molecule has 0 unspecified atom stereocenters. The highest BCUT2D eigenvalue weighted by Gasteiger charge is 2.16. The Balaban J connectivity index is 2.84. The molecule has 0 fully saturated rings. The van der Waals surface area contributed by atoms with Crippen LogP contribution in [0.25, 0.3) is 5.65 Å². The molecule has 0 radical (unpaired) electrons. The van der Waals surface area contributed by atoms with E-state index in [0.29, 0.717) is 22.1 Å². The number of nitrogen functional groups attached to an aromatic ring is 1. The lowest BCUT2D eigenvalue weighted by atomic mass is 10.2. The lowest BCUT2D eigenvalue weighted by molar-refractivity contribution is 0.0602. The van der Waals surface area contributed by atoms with Crippen molar-refractivity contribution in [1.29, 1.82) is 0 Å². The fraction of sp³-hybridized carbons (Fsp3) is 0.200. The quantitative estimate of drug-likeness (QED) is 0.769. The Morgan fingerprint density at radius 3 is 2.94 bits per heavy atom. The van der Waals surface area contributed by atoms with Gasteiger partial charge in [0.15, 0.2) is 5.65 Å². The van der Waals surface area contributed by atoms with Crippen LogP contribution in [0.15, 0.2) is 12.3 Å². The van der Waals surface area contributed by atoms with Gasteiger partial charge in [-0.1, -0.05) is 11.6 Å². The summed E-state index contributed by atoms with van der Waals surface area (Å²) in [6.45, 7) is 1.81. The van der Waals surface area contributed by atoms with Crippen molar-refractivity contribution >= 4 is 29.0 Å². The SMILES string of the molecule is COC(=O)c1cc(Cl)c(N)n2cc(C)nc12. The number of ether oxygens (including phenoxy) is 1. The molecule has 0 atom stereocenters. The molecule has 2 rings (SSSR count). The van der Waals surface area contributed by atoms with E-state index in [2.05, 4.69) is 9.72 Å². The normalized spacial score (nSPS) is 10.7. The fourth-order valence-corrected chi connectivity index (χ4v) is 1.71. The van der Waals surface area contributed by atoms with Crippen LogP contribution < -0.4 is 5.73 Å². The molecule has 2 N–H and O–H groups in total. The second kappa shape index (κ2) is 3.68. The molecule has 0 amide bonds. The average Bonchev–Trinajstić information content (AvgIpc) is 2.64. The molecule has 5 nitrogen and oxygen atoms in total. The lowest BCUT2D eigenvalue weighted by Gasteiger charge is -2.06. The molecule has 2 aromatic heterocycles. The Kier molecular flexibility index (Phi) is 2.47. The van der Waals surface area contributed by atoms with Gasteiger partial charge in [-0.15, -0.1) is 0 Å². The van der Waals surface area contributed by atoms with E-state index in [-0.39, 0.29) is 0 Å². The number of anilines is 1. The number of halogens is 1. The van der Waals surface area contributed by atoms with E-state index in [1.54, 1.807) is 17.5 Å². The fourth-order valence-electron chi connectivity index (χ4n) is 1.51. The molecule has 2 heterocycles. The monoisotopic (exact) mass is 239 g/mol. The van der Waals surface area contributed by atoms with Gasteiger partial charge < -0.3 is 10.5 Å². The van der Waals surface area contributed by atoms with Gasteiger partial charge in [0.1, 0.15) is 11.4 Å². The summed E-state index contributed by atoms with van der Waals surface area (Å²) in [6.07, 6.45) is 1.71. The van der Waals surface area contributed by atoms with E-state index >= 15 is 0 Å². The highest BCUT2D eigenvalue weighted by Crippen LogP contribution is 2.24. The smallest absolute Gasteiger partial charge is 0.341 e. The minimum atomic E-state index is -0.488. The van der Waals surface area contributed by atoms with Crippen LogP contribution in [0.4, 0.5) is 5.82 Å². The number of hydrogen-bond acceptors (Lipinski definition) is 4. The number of aryl methyl sites for hydroxylation is 1. The predicted octanol–water partition coefficient (Wildman–Crippen LogP) is 1.66. The standard InChI is InChI=1S/C10H10ClN3O2/c1-5-4-14-8(12)7(11)3-6(9(14)13-5)10(15)16-2/h3-4H,12H2,1-2H3. The van der Waals surface area contributed by atoms with Gasteiger partial charge in [-0.05, 0) is 13.0 Å². The number of methoxy groups -OCH3 is 1. The summed E-state index contributed by atoms with van der Waals surface area (Å²) in [5.74, 6) is -0.137. The Hall–Kier alpha value is -1.75. The number of carbonyl (C=O) groups excluding carboxylic acids is 1. The molecule has 0 aliphatic rings. The van der Waals surface area contributed by atoms with Gasteiger partial charge in [-0.25, -0.2) is 9.78 Å². The van der Waals surface area contributed by atoms with Crippen molar-refractivity contribution in [3.63, 3.8) is 0 Å².